The van der Waals surface area contributed by atoms with Gasteiger partial charge in [0.1, 0.15) is 12.6 Å². The Labute approximate surface area is 185 Å². The van der Waals surface area contributed by atoms with Gasteiger partial charge in [0, 0.05) is 23.5 Å². The molecular weight excluding hydrogens is 410 g/mol. The van der Waals surface area contributed by atoms with Gasteiger partial charge < -0.3 is 20.5 Å². The van der Waals surface area contributed by atoms with Crippen LogP contribution in [0.3, 0.4) is 0 Å². The Bertz CT molecular complexity index is 1090. The van der Waals surface area contributed by atoms with Crippen LogP contribution in [0.1, 0.15) is 24.6 Å². The lowest BCUT2D eigenvalue weighted by Crippen LogP contribution is -2.50. The molecule has 8 nitrogen and oxygen atoms in total. The highest BCUT2D eigenvalue weighted by Crippen LogP contribution is 2.13. The minimum absolute atomic E-state index is 0.0120. The second-order valence-corrected chi connectivity index (χ2v) is 7.47. The number of nitrogens with one attached hydrogen (secondary N) is 2. The summed E-state index contributed by atoms with van der Waals surface area (Å²) < 4.78 is 5.10. The fraction of sp³-hybridized carbons (Fsp3) is 0.250. The van der Waals surface area contributed by atoms with Gasteiger partial charge in [0.15, 0.2) is 0 Å². The number of benzene rings is 2. The molecule has 0 radical (unpaired) electrons. The number of ether oxygens (including phenoxy) is 1. The average molecular weight is 435 g/mol. The summed E-state index contributed by atoms with van der Waals surface area (Å²) in [7, 11) is 0. The molecule has 1 heterocycles. The van der Waals surface area contributed by atoms with Crippen molar-refractivity contribution in [1.82, 2.24) is 15.6 Å². The van der Waals surface area contributed by atoms with Gasteiger partial charge in [-0.1, -0.05) is 54.6 Å². The van der Waals surface area contributed by atoms with Gasteiger partial charge in [-0.15, -0.1) is 0 Å². The maximum atomic E-state index is 12.6. The third-order valence-electron chi connectivity index (χ3n) is 4.76. The summed E-state index contributed by atoms with van der Waals surface area (Å²) in [5.41, 5.74) is 2.43. The minimum atomic E-state index is -1.26. The van der Waals surface area contributed by atoms with Crippen LogP contribution in [0.5, 0.6) is 0 Å². The van der Waals surface area contributed by atoms with E-state index in [1.54, 1.807) is 19.1 Å². The number of pyridine rings is 1. The summed E-state index contributed by atoms with van der Waals surface area (Å²) >= 11 is 0. The first-order chi connectivity index (χ1) is 15.4. The number of para-hydroxylation sites is 1. The Morgan fingerprint density at radius 1 is 0.969 bits per heavy atom. The van der Waals surface area contributed by atoms with Crippen molar-refractivity contribution < 1.29 is 24.2 Å². The highest BCUT2D eigenvalue weighted by atomic mass is 16.5. The maximum Gasteiger partial charge on any atom is 0.408 e. The zero-order valence-electron chi connectivity index (χ0n) is 17.7. The molecule has 166 valence electrons. The molecule has 2 aromatic carbocycles. The fourth-order valence-corrected chi connectivity index (χ4v) is 3.22. The van der Waals surface area contributed by atoms with E-state index in [1.165, 1.54) is 0 Å². The second kappa shape index (κ2) is 10.9. The number of carbonyl (C=O) groups is 3. The van der Waals surface area contributed by atoms with Crippen molar-refractivity contribution in [3.8, 4) is 0 Å². The van der Waals surface area contributed by atoms with E-state index in [-0.39, 0.29) is 12.6 Å². The lowest BCUT2D eigenvalue weighted by atomic mass is 10.1. The van der Waals surface area contributed by atoms with Crippen LogP contribution in [0, 0.1) is 0 Å². The fourth-order valence-electron chi connectivity index (χ4n) is 3.22. The van der Waals surface area contributed by atoms with Crippen molar-refractivity contribution in [2.75, 3.05) is 0 Å². The maximum absolute atomic E-state index is 12.6. The monoisotopic (exact) mass is 435 g/mol. The number of fused-ring (bicyclic) bond motifs is 1. The number of hydrogen-bond acceptors (Lipinski definition) is 5. The van der Waals surface area contributed by atoms with Gasteiger partial charge in [0.25, 0.3) is 0 Å². The number of hydrogen-bond donors (Lipinski definition) is 3. The average Bonchev–Trinajstić information content (AvgIpc) is 2.77. The predicted molar refractivity (Wildman–Crippen MR) is 119 cm³/mol. The van der Waals surface area contributed by atoms with Gasteiger partial charge in [0.05, 0.1) is 11.9 Å². The Balaban J connectivity index is 1.56. The molecule has 0 aliphatic heterocycles. The van der Waals surface area contributed by atoms with Crippen LogP contribution >= 0.6 is 0 Å². The number of alkyl carbamates (subject to hydrolysis) is 1. The van der Waals surface area contributed by atoms with Gasteiger partial charge in [-0.05, 0) is 24.6 Å². The molecule has 0 spiro atoms. The van der Waals surface area contributed by atoms with Gasteiger partial charge in [-0.3, -0.25) is 14.6 Å². The molecule has 8 heteroatoms. The molecule has 0 bridgehead atoms. The number of aliphatic carboxylic acids is 1. The summed E-state index contributed by atoms with van der Waals surface area (Å²) in [6.07, 6.45) is -0.971. The minimum Gasteiger partial charge on any atom is -0.481 e. The van der Waals surface area contributed by atoms with Crippen LogP contribution < -0.4 is 10.6 Å². The molecule has 2 amide bonds. The van der Waals surface area contributed by atoms with E-state index in [0.717, 1.165) is 22.2 Å². The number of aromatic nitrogens is 1. The summed E-state index contributed by atoms with van der Waals surface area (Å²) in [6, 6.07) is 19.0. The van der Waals surface area contributed by atoms with E-state index in [4.69, 9.17) is 9.84 Å². The van der Waals surface area contributed by atoms with Gasteiger partial charge in [0.2, 0.25) is 5.91 Å². The summed E-state index contributed by atoms with van der Waals surface area (Å²) in [4.78, 5) is 40.5. The normalized spacial score (nSPS) is 12.5. The number of carbonyl (C=O) groups excluding carboxylic acids is 2. The molecule has 3 N–H and O–H groups in total. The molecule has 0 fully saturated rings. The molecular formula is C24H25N3O5. The summed E-state index contributed by atoms with van der Waals surface area (Å²) in [5.74, 6) is -1.81. The van der Waals surface area contributed by atoms with Crippen LogP contribution in [0.25, 0.3) is 10.9 Å². The van der Waals surface area contributed by atoms with E-state index in [2.05, 4.69) is 15.6 Å². The van der Waals surface area contributed by atoms with Gasteiger partial charge in [-0.25, -0.2) is 4.79 Å². The third kappa shape index (κ3) is 6.80. The molecule has 3 rings (SSSR count). The molecule has 32 heavy (non-hydrogen) atoms. The van der Waals surface area contributed by atoms with E-state index >= 15 is 0 Å². The molecule has 2 atom stereocenters. The molecule has 0 aliphatic carbocycles. The zero-order chi connectivity index (χ0) is 22.9. The second-order valence-electron chi connectivity index (χ2n) is 7.47. The van der Waals surface area contributed by atoms with Gasteiger partial charge in [-0.2, -0.15) is 0 Å². The van der Waals surface area contributed by atoms with Crippen molar-refractivity contribution in [3.63, 3.8) is 0 Å². The Kier molecular flexibility index (Phi) is 7.75. The quantitative estimate of drug-likeness (QED) is 0.476. The van der Waals surface area contributed by atoms with Crippen molar-refractivity contribution in [3.05, 3.63) is 78.0 Å². The highest BCUT2D eigenvalue weighted by Gasteiger charge is 2.25. The molecule has 3 aromatic rings. The summed E-state index contributed by atoms with van der Waals surface area (Å²) in [6.45, 7) is 1.80. The van der Waals surface area contributed by atoms with Crippen LogP contribution in [-0.4, -0.2) is 40.1 Å². The smallest absolute Gasteiger partial charge is 0.408 e. The molecule has 0 saturated carbocycles. The number of nitrogens with zero attached hydrogens (tertiary/aromatic N) is 1. The van der Waals surface area contributed by atoms with E-state index < -0.39 is 30.4 Å². The standard InChI is InChI=1S/C24H25N3O5/c1-16(13-19-12-11-18-9-5-6-10-20(18)26-19)25-23(30)21(14-22(28)29)27-24(31)32-15-17-7-3-2-4-8-17/h2-12,16,21H,13-15H2,1H3,(H,25,30)(H,27,31)(H,28,29)/t16?,21-/m0/s1. The van der Waals surface area contributed by atoms with Crippen LogP contribution in [-0.2, 0) is 27.4 Å². The van der Waals surface area contributed by atoms with E-state index in [9.17, 15) is 14.4 Å². The number of amides is 2. The van der Waals surface area contributed by atoms with Crippen LogP contribution in [0.2, 0.25) is 0 Å². The molecule has 0 saturated heterocycles. The Morgan fingerprint density at radius 3 is 2.44 bits per heavy atom. The van der Waals surface area contributed by atoms with E-state index in [1.807, 2.05) is 54.6 Å². The first kappa shape index (κ1) is 22.7. The van der Waals surface area contributed by atoms with Crippen molar-refractivity contribution in [1.29, 1.82) is 0 Å². The lowest BCUT2D eigenvalue weighted by molar-refractivity contribution is -0.140. The van der Waals surface area contributed by atoms with Crippen LogP contribution in [0.15, 0.2) is 66.7 Å². The number of carboxylic acid groups (broad SMARTS) is 1. The first-order valence-electron chi connectivity index (χ1n) is 10.2. The molecule has 1 aromatic heterocycles. The molecule has 0 aliphatic rings. The van der Waals surface area contributed by atoms with E-state index in [0.29, 0.717) is 6.42 Å². The predicted octanol–water partition coefficient (Wildman–Crippen LogP) is 3.05. The Hall–Kier alpha value is -3.94. The number of carboxylic acids is 1. The van der Waals surface area contributed by atoms with Crippen molar-refractivity contribution in [2.45, 2.75) is 38.5 Å². The first-order valence-corrected chi connectivity index (χ1v) is 10.2. The largest absolute Gasteiger partial charge is 0.481 e. The van der Waals surface area contributed by atoms with Crippen LogP contribution in [0.4, 0.5) is 4.79 Å². The topological polar surface area (TPSA) is 118 Å². The Morgan fingerprint density at radius 2 is 1.69 bits per heavy atom. The van der Waals surface area contributed by atoms with Crippen molar-refractivity contribution >= 4 is 28.9 Å². The lowest BCUT2D eigenvalue weighted by Gasteiger charge is -2.20. The number of rotatable bonds is 9. The molecule has 1 unspecified atom stereocenters. The highest BCUT2D eigenvalue weighted by molar-refractivity contribution is 5.89. The third-order valence-corrected chi connectivity index (χ3v) is 4.76. The van der Waals surface area contributed by atoms with Crippen molar-refractivity contribution in [2.24, 2.45) is 0 Å². The SMILES string of the molecule is CC(Cc1ccc2ccccc2n1)NC(=O)[C@H](CC(=O)O)NC(=O)OCc1ccccc1. The zero-order valence-corrected chi connectivity index (χ0v) is 17.7. The summed E-state index contributed by atoms with van der Waals surface area (Å²) in [5, 5.41) is 15.3. The van der Waals surface area contributed by atoms with Gasteiger partial charge >= 0.3 is 12.1 Å².